The molecular weight excluding hydrogens is 259 g/mol. The molecule has 4 nitrogen and oxygen atoms in total. The Kier molecular flexibility index (Phi) is 3.20. The summed E-state index contributed by atoms with van der Waals surface area (Å²) in [5.74, 6) is -0.560. The summed E-state index contributed by atoms with van der Waals surface area (Å²) >= 11 is 0. The summed E-state index contributed by atoms with van der Waals surface area (Å²) in [5.41, 5.74) is 1.75. The average molecular weight is 276 g/mol. The zero-order valence-corrected chi connectivity index (χ0v) is 11.4. The lowest BCUT2D eigenvalue weighted by Crippen LogP contribution is -2.45. The molecule has 2 aliphatic rings. The average Bonchev–Trinajstić information content (AvgIpc) is 2.61. The molecule has 0 unspecified atom stereocenters. The van der Waals surface area contributed by atoms with Crippen LogP contribution in [0.4, 0.5) is 4.39 Å². The number of fused-ring (bicyclic) bond motifs is 1. The van der Waals surface area contributed by atoms with Crippen LogP contribution in [0, 0.1) is 12.7 Å². The maximum Gasteiger partial charge on any atom is 0.255 e. The van der Waals surface area contributed by atoms with Gasteiger partial charge in [0.1, 0.15) is 11.9 Å². The van der Waals surface area contributed by atoms with Gasteiger partial charge in [-0.15, -0.1) is 0 Å². The molecule has 1 atom stereocenters. The van der Waals surface area contributed by atoms with Crippen LogP contribution in [0.25, 0.3) is 0 Å². The Balaban J connectivity index is 1.93. The van der Waals surface area contributed by atoms with Crippen LogP contribution >= 0.6 is 0 Å². The van der Waals surface area contributed by atoms with Crippen molar-refractivity contribution in [1.29, 1.82) is 0 Å². The van der Waals surface area contributed by atoms with E-state index in [1.165, 1.54) is 12.1 Å². The molecule has 3 rings (SSSR count). The highest BCUT2D eigenvalue weighted by atomic mass is 19.1. The summed E-state index contributed by atoms with van der Waals surface area (Å²) < 4.78 is 13.6. The van der Waals surface area contributed by atoms with E-state index in [1.807, 2.05) is 0 Å². The smallest absolute Gasteiger partial charge is 0.255 e. The molecule has 0 bridgehead atoms. The molecular formula is C15H17FN2O2. The Morgan fingerprint density at radius 2 is 2.10 bits per heavy atom. The first-order valence-electron chi connectivity index (χ1n) is 6.96. The minimum atomic E-state index is -0.431. The van der Waals surface area contributed by atoms with Crippen molar-refractivity contribution in [3.63, 3.8) is 0 Å². The highest BCUT2D eigenvalue weighted by Gasteiger charge is 2.37. The number of hydrogen-bond acceptors (Lipinski definition) is 2. The van der Waals surface area contributed by atoms with Crippen LogP contribution in [0.15, 0.2) is 12.1 Å². The predicted molar refractivity (Wildman–Crippen MR) is 71.7 cm³/mol. The first-order chi connectivity index (χ1) is 9.59. The lowest BCUT2D eigenvalue weighted by atomic mass is 10.0. The van der Waals surface area contributed by atoms with E-state index in [0.29, 0.717) is 36.2 Å². The Morgan fingerprint density at radius 3 is 2.90 bits per heavy atom. The summed E-state index contributed by atoms with van der Waals surface area (Å²) in [7, 11) is 0. The van der Waals surface area contributed by atoms with Gasteiger partial charge in [-0.2, -0.15) is 0 Å². The van der Waals surface area contributed by atoms with Gasteiger partial charge < -0.3 is 10.2 Å². The maximum atomic E-state index is 13.6. The van der Waals surface area contributed by atoms with E-state index >= 15 is 0 Å². The fourth-order valence-electron chi connectivity index (χ4n) is 3.00. The third-order valence-corrected chi connectivity index (χ3v) is 4.23. The molecule has 2 heterocycles. The first kappa shape index (κ1) is 13.1. The van der Waals surface area contributed by atoms with E-state index in [-0.39, 0.29) is 17.6 Å². The van der Waals surface area contributed by atoms with Gasteiger partial charge in [0, 0.05) is 18.7 Å². The summed E-state index contributed by atoms with van der Waals surface area (Å²) in [6.07, 6.45) is 2.52. The Morgan fingerprint density at radius 1 is 1.30 bits per heavy atom. The first-order valence-corrected chi connectivity index (χ1v) is 6.96. The molecule has 5 heteroatoms. The fourth-order valence-corrected chi connectivity index (χ4v) is 3.00. The third-order valence-electron chi connectivity index (χ3n) is 4.23. The van der Waals surface area contributed by atoms with Crippen molar-refractivity contribution in [2.75, 3.05) is 6.54 Å². The normalized spacial score (nSPS) is 22.5. The second kappa shape index (κ2) is 4.89. The van der Waals surface area contributed by atoms with Crippen molar-refractivity contribution in [1.82, 2.24) is 10.2 Å². The summed E-state index contributed by atoms with van der Waals surface area (Å²) in [6.45, 7) is 2.67. The van der Waals surface area contributed by atoms with E-state index < -0.39 is 6.04 Å². The van der Waals surface area contributed by atoms with Gasteiger partial charge in [-0.3, -0.25) is 9.59 Å². The molecule has 1 saturated heterocycles. The largest absolute Gasteiger partial charge is 0.354 e. The number of rotatable bonds is 1. The van der Waals surface area contributed by atoms with Crippen LogP contribution in [0.1, 0.15) is 40.7 Å². The fraction of sp³-hybridized carbons (Fsp3) is 0.467. The monoisotopic (exact) mass is 276 g/mol. The van der Waals surface area contributed by atoms with Gasteiger partial charge in [-0.1, -0.05) is 0 Å². The molecule has 0 radical (unpaired) electrons. The topological polar surface area (TPSA) is 49.4 Å². The minimum absolute atomic E-state index is 0.0956. The molecule has 0 saturated carbocycles. The molecule has 2 amide bonds. The number of hydrogen-bond donors (Lipinski definition) is 1. The molecule has 0 aliphatic carbocycles. The van der Waals surface area contributed by atoms with E-state index in [4.69, 9.17) is 0 Å². The van der Waals surface area contributed by atoms with Crippen LogP contribution < -0.4 is 5.32 Å². The standard InChI is InChI=1S/C15H17FN2O2/c1-9-11-8-18(13-4-2-3-7-17-14(13)19)15(20)10(11)5-6-12(9)16/h5-6,13H,2-4,7-8H2,1H3,(H,17,19)/t13-/m0/s1. The molecule has 1 aromatic rings. The number of amides is 2. The van der Waals surface area contributed by atoms with Gasteiger partial charge in [0.2, 0.25) is 5.91 Å². The number of halogens is 1. The van der Waals surface area contributed by atoms with Gasteiger partial charge >= 0.3 is 0 Å². The van der Waals surface area contributed by atoms with E-state index in [1.54, 1.807) is 11.8 Å². The highest BCUT2D eigenvalue weighted by molar-refractivity contribution is 6.01. The molecule has 0 spiro atoms. The molecule has 1 aromatic carbocycles. The second-order valence-corrected chi connectivity index (χ2v) is 5.43. The van der Waals surface area contributed by atoms with Crippen LogP contribution in [0.3, 0.4) is 0 Å². The molecule has 20 heavy (non-hydrogen) atoms. The lowest BCUT2D eigenvalue weighted by molar-refractivity contribution is -0.125. The van der Waals surface area contributed by atoms with Gasteiger partial charge in [0.05, 0.1) is 0 Å². The van der Waals surface area contributed by atoms with Gasteiger partial charge in [-0.05, 0) is 49.4 Å². The summed E-state index contributed by atoms with van der Waals surface area (Å²) in [5, 5.41) is 2.84. The predicted octanol–water partition coefficient (Wildman–Crippen LogP) is 1.76. The number of benzene rings is 1. The molecule has 106 valence electrons. The Labute approximate surface area is 117 Å². The second-order valence-electron chi connectivity index (χ2n) is 5.43. The number of nitrogens with one attached hydrogen (secondary N) is 1. The van der Waals surface area contributed by atoms with Crippen molar-refractivity contribution < 1.29 is 14.0 Å². The van der Waals surface area contributed by atoms with Crippen LogP contribution in [-0.2, 0) is 11.3 Å². The van der Waals surface area contributed by atoms with Gasteiger partial charge in [-0.25, -0.2) is 4.39 Å². The van der Waals surface area contributed by atoms with E-state index in [0.717, 1.165) is 12.8 Å². The third kappa shape index (κ3) is 1.97. The molecule has 2 aliphatic heterocycles. The lowest BCUT2D eigenvalue weighted by Gasteiger charge is -2.25. The molecule has 1 N–H and O–H groups in total. The zero-order valence-electron chi connectivity index (χ0n) is 11.4. The minimum Gasteiger partial charge on any atom is -0.354 e. The Bertz CT molecular complexity index is 585. The van der Waals surface area contributed by atoms with Crippen molar-refractivity contribution in [3.8, 4) is 0 Å². The maximum absolute atomic E-state index is 13.6. The number of carbonyl (C=O) groups is 2. The van der Waals surface area contributed by atoms with Crippen LogP contribution in [0.5, 0.6) is 0 Å². The SMILES string of the molecule is Cc1c(F)ccc2c1CN([C@H]1CCCCNC1=O)C2=O. The number of carbonyl (C=O) groups excluding carboxylic acids is 2. The quantitative estimate of drug-likeness (QED) is 0.849. The molecule has 1 fully saturated rings. The molecule has 0 aromatic heterocycles. The van der Waals surface area contributed by atoms with Crippen molar-refractivity contribution >= 4 is 11.8 Å². The van der Waals surface area contributed by atoms with Crippen molar-refractivity contribution in [3.05, 3.63) is 34.6 Å². The Hall–Kier alpha value is -1.91. The van der Waals surface area contributed by atoms with Gasteiger partial charge in [0.15, 0.2) is 0 Å². The van der Waals surface area contributed by atoms with E-state index in [9.17, 15) is 14.0 Å². The number of nitrogens with zero attached hydrogens (tertiary/aromatic N) is 1. The van der Waals surface area contributed by atoms with Crippen LogP contribution in [0.2, 0.25) is 0 Å². The van der Waals surface area contributed by atoms with Crippen molar-refractivity contribution in [2.24, 2.45) is 0 Å². The van der Waals surface area contributed by atoms with E-state index in [2.05, 4.69) is 5.32 Å². The van der Waals surface area contributed by atoms with Gasteiger partial charge in [0.25, 0.3) is 5.91 Å². The highest BCUT2D eigenvalue weighted by Crippen LogP contribution is 2.30. The van der Waals surface area contributed by atoms with Crippen LogP contribution in [-0.4, -0.2) is 29.3 Å². The van der Waals surface area contributed by atoms with Crippen molar-refractivity contribution in [2.45, 2.75) is 38.8 Å². The zero-order chi connectivity index (χ0) is 14.3. The summed E-state index contributed by atoms with van der Waals surface area (Å²) in [4.78, 5) is 26.1. The summed E-state index contributed by atoms with van der Waals surface area (Å²) in [6, 6.07) is 2.41.